The van der Waals surface area contributed by atoms with E-state index in [1.54, 1.807) is 30.0 Å². The number of aryl methyl sites for hydroxylation is 1. The Morgan fingerprint density at radius 3 is 2.46 bits per heavy atom. The van der Waals surface area contributed by atoms with Gasteiger partial charge >= 0.3 is 6.09 Å². The van der Waals surface area contributed by atoms with Crippen LogP contribution in [0.4, 0.5) is 19.3 Å². The van der Waals surface area contributed by atoms with Crippen molar-refractivity contribution in [1.82, 2.24) is 9.47 Å². The van der Waals surface area contributed by atoms with Gasteiger partial charge in [0.15, 0.2) is 5.69 Å². The summed E-state index contributed by atoms with van der Waals surface area (Å²) >= 11 is 0. The number of nitrogens with zero attached hydrogens (tertiary/aromatic N) is 3. The highest BCUT2D eigenvalue weighted by molar-refractivity contribution is 5.95. The van der Waals surface area contributed by atoms with Crippen LogP contribution in [0.3, 0.4) is 0 Å². The lowest BCUT2D eigenvalue weighted by Gasteiger charge is -2.54. The zero-order valence-corrected chi connectivity index (χ0v) is 23.2. The van der Waals surface area contributed by atoms with Gasteiger partial charge in [0.2, 0.25) is 5.92 Å². The predicted octanol–water partition coefficient (Wildman–Crippen LogP) is 8.04. The van der Waals surface area contributed by atoms with E-state index < -0.39 is 17.6 Å². The van der Waals surface area contributed by atoms with Gasteiger partial charge < -0.3 is 9.47 Å². The summed E-state index contributed by atoms with van der Waals surface area (Å²) < 4.78 is 41.0. The number of halogens is 2. The lowest BCUT2D eigenvalue weighted by Crippen LogP contribution is -2.53. The molecule has 1 spiro atoms. The Morgan fingerprint density at radius 1 is 1.18 bits per heavy atom. The van der Waals surface area contributed by atoms with Crippen molar-refractivity contribution in [2.45, 2.75) is 77.5 Å². The zero-order chi connectivity index (χ0) is 28.2. The molecule has 1 aromatic heterocycles. The van der Waals surface area contributed by atoms with E-state index in [0.29, 0.717) is 31.6 Å². The number of aromatic nitrogens is 1. The molecule has 5 rings (SSSR count). The SMILES string of the molecule is [C-]#[N+]c1ccc(C2CC3(CCN2Cc2c(OC)cc(C)c4c2ccn4C(=O)OC(C)(C)C)CC(F)(F)C3)cc1. The van der Waals surface area contributed by atoms with Gasteiger partial charge in [0.25, 0.3) is 0 Å². The van der Waals surface area contributed by atoms with Crippen LogP contribution in [0.15, 0.2) is 42.6 Å². The Labute approximate surface area is 228 Å². The second-order valence-corrected chi connectivity index (χ2v) is 12.2. The van der Waals surface area contributed by atoms with Crippen molar-refractivity contribution < 1.29 is 23.0 Å². The average molecular weight is 536 g/mol. The molecule has 1 aliphatic carbocycles. The van der Waals surface area contributed by atoms with E-state index in [9.17, 15) is 13.6 Å². The number of carbonyl (C=O) groups is 1. The first-order chi connectivity index (χ1) is 18.3. The summed E-state index contributed by atoms with van der Waals surface area (Å²) in [6.45, 7) is 15.9. The second kappa shape index (κ2) is 9.63. The fourth-order valence-corrected chi connectivity index (χ4v) is 6.41. The van der Waals surface area contributed by atoms with Crippen LogP contribution >= 0.6 is 0 Å². The molecule has 39 heavy (non-hydrogen) atoms. The normalized spacial score (nSPS) is 20.4. The lowest BCUT2D eigenvalue weighted by molar-refractivity contribution is -0.186. The van der Waals surface area contributed by atoms with Gasteiger partial charge in [-0.05, 0) is 75.8 Å². The number of piperidine rings is 1. The number of hydrogen-bond donors (Lipinski definition) is 0. The predicted molar refractivity (Wildman–Crippen MR) is 147 cm³/mol. The molecule has 0 amide bonds. The standard InChI is InChI=1S/C31H35F2N3O3/c1-20-15-26(38-6)24(23-11-13-36(27(20)23)28(37)39-29(2,3)4)17-35-14-12-30(18-31(32,33)19-30)16-25(35)21-7-9-22(34-5)10-8-21/h7-11,13,15,25H,12,14,16-19H2,1-4,6H3. The number of fused-ring (bicyclic) bond motifs is 1. The highest BCUT2D eigenvalue weighted by atomic mass is 19.3. The summed E-state index contributed by atoms with van der Waals surface area (Å²) in [5, 5.41) is 0.898. The first-order valence-corrected chi connectivity index (χ1v) is 13.3. The molecule has 0 N–H and O–H groups in total. The molecule has 0 radical (unpaired) electrons. The maximum Gasteiger partial charge on any atom is 0.419 e. The third-order valence-corrected chi connectivity index (χ3v) is 8.07. The number of benzene rings is 2. The first kappa shape index (κ1) is 27.1. The van der Waals surface area contributed by atoms with Crippen molar-refractivity contribution in [3.63, 3.8) is 0 Å². The summed E-state index contributed by atoms with van der Waals surface area (Å²) in [5.41, 5.74) is 3.18. The van der Waals surface area contributed by atoms with Gasteiger partial charge in [0.05, 0.1) is 19.2 Å². The molecule has 1 unspecified atom stereocenters. The highest BCUT2D eigenvalue weighted by Crippen LogP contribution is 2.60. The summed E-state index contributed by atoms with van der Waals surface area (Å²) in [5.74, 6) is -1.86. The Bertz CT molecular complexity index is 1440. The minimum absolute atomic E-state index is 0.0681. The Morgan fingerprint density at radius 2 is 1.87 bits per heavy atom. The van der Waals surface area contributed by atoms with E-state index in [0.717, 1.165) is 33.3 Å². The van der Waals surface area contributed by atoms with Crippen molar-refractivity contribution in [3.05, 3.63) is 70.7 Å². The van der Waals surface area contributed by atoms with Gasteiger partial charge in [-0.15, -0.1) is 0 Å². The van der Waals surface area contributed by atoms with E-state index in [1.165, 1.54) is 0 Å². The third kappa shape index (κ3) is 5.25. The molecule has 6 nitrogen and oxygen atoms in total. The summed E-state index contributed by atoms with van der Waals surface area (Å²) in [6.07, 6.45) is 2.49. The Balaban J connectivity index is 1.53. The van der Waals surface area contributed by atoms with Gasteiger partial charge in [-0.3, -0.25) is 9.47 Å². The molecule has 8 heteroatoms. The molecule has 206 valence electrons. The van der Waals surface area contributed by atoms with Crippen LogP contribution in [0.1, 0.15) is 69.2 Å². The Hall–Kier alpha value is -3.44. The van der Waals surface area contributed by atoms with Gasteiger partial charge in [-0.2, -0.15) is 0 Å². The molecule has 2 heterocycles. The topological polar surface area (TPSA) is 48.1 Å². The summed E-state index contributed by atoms with van der Waals surface area (Å²) in [6, 6.07) is 11.3. The van der Waals surface area contributed by atoms with Gasteiger partial charge in [0.1, 0.15) is 11.4 Å². The zero-order valence-electron chi connectivity index (χ0n) is 23.2. The average Bonchev–Trinajstić information content (AvgIpc) is 3.30. The number of methoxy groups -OCH3 is 1. The molecular weight excluding hydrogens is 500 g/mol. The van der Waals surface area contributed by atoms with Gasteiger partial charge in [-0.25, -0.2) is 18.4 Å². The van der Waals surface area contributed by atoms with Crippen LogP contribution in [0.5, 0.6) is 5.75 Å². The molecule has 2 aromatic carbocycles. The maximum absolute atomic E-state index is 14.0. The largest absolute Gasteiger partial charge is 0.496 e. The molecule has 1 saturated carbocycles. The number of carbonyl (C=O) groups excluding carboxylic acids is 1. The van der Waals surface area contributed by atoms with E-state index in [1.807, 2.05) is 52.0 Å². The van der Waals surface area contributed by atoms with Crippen LogP contribution in [0.2, 0.25) is 0 Å². The molecular formula is C31H35F2N3O3. The lowest BCUT2D eigenvalue weighted by atomic mass is 9.59. The van der Waals surface area contributed by atoms with Gasteiger partial charge in [-0.1, -0.05) is 24.3 Å². The van der Waals surface area contributed by atoms with Crippen LogP contribution in [0, 0.1) is 18.9 Å². The highest BCUT2D eigenvalue weighted by Gasteiger charge is 2.58. The van der Waals surface area contributed by atoms with Crippen molar-refractivity contribution in [2.24, 2.45) is 5.41 Å². The fraction of sp³-hybridized carbons (Fsp3) is 0.484. The van der Waals surface area contributed by atoms with Crippen LogP contribution < -0.4 is 4.74 Å². The second-order valence-electron chi connectivity index (χ2n) is 12.2. The van der Waals surface area contributed by atoms with Crippen LogP contribution in [-0.4, -0.2) is 40.7 Å². The Kier molecular flexibility index (Phi) is 6.70. The van der Waals surface area contributed by atoms with Crippen molar-refractivity contribution >= 4 is 22.7 Å². The number of hydrogen-bond acceptors (Lipinski definition) is 4. The van der Waals surface area contributed by atoms with Crippen LogP contribution in [0.25, 0.3) is 15.7 Å². The molecule has 3 aromatic rings. The quantitative estimate of drug-likeness (QED) is 0.317. The minimum atomic E-state index is -2.59. The molecule has 1 atom stereocenters. The summed E-state index contributed by atoms with van der Waals surface area (Å²) in [7, 11) is 1.64. The summed E-state index contributed by atoms with van der Waals surface area (Å²) in [4.78, 5) is 18.8. The number of alkyl halides is 2. The van der Waals surface area contributed by atoms with E-state index >= 15 is 0 Å². The first-order valence-electron chi connectivity index (χ1n) is 13.3. The number of ether oxygens (including phenoxy) is 2. The fourth-order valence-electron chi connectivity index (χ4n) is 6.41. The number of rotatable bonds is 4. The maximum atomic E-state index is 14.0. The van der Waals surface area contributed by atoms with E-state index in [2.05, 4.69) is 9.74 Å². The molecule has 2 fully saturated rings. The molecule has 1 aliphatic heterocycles. The van der Waals surface area contributed by atoms with Crippen molar-refractivity contribution in [1.29, 1.82) is 0 Å². The minimum Gasteiger partial charge on any atom is -0.496 e. The third-order valence-electron chi connectivity index (χ3n) is 8.07. The number of likely N-dealkylation sites (tertiary alicyclic amines) is 1. The molecule has 0 bridgehead atoms. The van der Waals surface area contributed by atoms with E-state index in [-0.39, 0.29) is 24.3 Å². The molecule has 2 aliphatic rings. The van der Waals surface area contributed by atoms with E-state index in [4.69, 9.17) is 16.0 Å². The molecule has 1 saturated heterocycles. The monoisotopic (exact) mass is 535 g/mol. The smallest absolute Gasteiger partial charge is 0.419 e. The van der Waals surface area contributed by atoms with Crippen molar-refractivity contribution in [3.8, 4) is 5.75 Å². The van der Waals surface area contributed by atoms with Crippen LogP contribution in [-0.2, 0) is 11.3 Å². The van der Waals surface area contributed by atoms with Gasteiger partial charge in [0, 0.05) is 42.6 Å². The van der Waals surface area contributed by atoms with Crippen molar-refractivity contribution in [2.75, 3.05) is 13.7 Å².